The Morgan fingerprint density at radius 1 is 0.893 bits per heavy atom. The highest BCUT2D eigenvalue weighted by molar-refractivity contribution is 7.92. The molecule has 7 nitrogen and oxygen atoms in total. The van der Waals surface area contributed by atoms with E-state index in [2.05, 4.69) is 10.0 Å². The normalized spacial score (nSPS) is 11.0. The molecular formula is C20H18N2O5S. The molecule has 0 saturated carbocycles. The quantitative estimate of drug-likeness (QED) is 0.622. The standard InChI is InChI=1S/C20H18N2O5S/c1-28(25,26)22-18-11-5-4-10-16(18)20(24)27-13-19(23)21-17-12-6-8-14-7-2-3-9-15(14)17/h2-12,22H,13H2,1H3,(H,21,23). The van der Waals surface area contributed by atoms with Crippen molar-refractivity contribution in [3.05, 3.63) is 72.3 Å². The van der Waals surface area contributed by atoms with Gasteiger partial charge in [-0.25, -0.2) is 13.2 Å². The summed E-state index contributed by atoms with van der Waals surface area (Å²) in [6.45, 7) is -0.505. The lowest BCUT2D eigenvalue weighted by molar-refractivity contribution is -0.119. The first kappa shape index (κ1) is 19.4. The highest BCUT2D eigenvalue weighted by Gasteiger charge is 2.16. The van der Waals surface area contributed by atoms with E-state index in [9.17, 15) is 18.0 Å². The fourth-order valence-corrected chi connectivity index (χ4v) is 3.26. The second kappa shape index (κ2) is 8.10. The van der Waals surface area contributed by atoms with Gasteiger partial charge in [0.15, 0.2) is 6.61 Å². The predicted molar refractivity (Wildman–Crippen MR) is 108 cm³/mol. The molecule has 1 amide bonds. The van der Waals surface area contributed by atoms with Crippen molar-refractivity contribution in [1.82, 2.24) is 0 Å². The Hall–Kier alpha value is -3.39. The monoisotopic (exact) mass is 398 g/mol. The Morgan fingerprint density at radius 3 is 2.32 bits per heavy atom. The smallest absolute Gasteiger partial charge is 0.340 e. The molecular weight excluding hydrogens is 380 g/mol. The molecule has 2 N–H and O–H groups in total. The molecule has 0 bridgehead atoms. The summed E-state index contributed by atoms with van der Waals surface area (Å²) in [6.07, 6.45) is 0.979. The van der Waals surface area contributed by atoms with Crippen molar-refractivity contribution in [2.24, 2.45) is 0 Å². The first-order chi connectivity index (χ1) is 13.3. The third kappa shape index (κ3) is 4.86. The van der Waals surface area contributed by atoms with Gasteiger partial charge in [0.25, 0.3) is 5.91 Å². The van der Waals surface area contributed by atoms with Crippen molar-refractivity contribution in [1.29, 1.82) is 0 Å². The van der Waals surface area contributed by atoms with Gasteiger partial charge in [0.2, 0.25) is 10.0 Å². The van der Waals surface area contributed by atoms with Crippen LogP contribution in [0.5, 0.6) is 0 Å². The molecule has 3 aromatic rings. The van der Waals surface area contributed by atoms with Gasteiger partial charge in [-0.1, -0.05) is 48.5 Å². The number of fused-ring (bicyclic) bond motifs is 1. The molecule has 0 spiro atoms. The van der Waals surface area contributed by atoms with Gasteiger partial charge in [-0.05, 0) is 23.6 Å². The van der Waals surface area contributed by atoms with Crippen LogP contribution in [-0.2, 0) is 19.6 Å². The maximum absolute atomic E-state index is 12.3. The number of rotatable bonds is 6. The van der Waals surface area contributed by atoms with Crippen LogP contribution in [-0.4, -0.2) is 33.2 Å². The summed E-state index contributed by atoms with van der Waals surface area (Å²) >= 11 is 0. The number of nitrogens with one attached hydrogen (secondary N) is 2. The highest BCUT2D eigenvalue weighted by atomic mass is 32.2. The van der Waals surface area contributed by atoms with Crippen LogP contribution in [0.2, 0.25) is 0 Å². The molecule has 0 radical (unpaired) electrons. The van der Waals surface area contributed by atoms with Gasteiger partial charge in [0.1, 0.15) is 0 Å². The van der Waals surface area contributed by atoms with Crippen molar-refractivity contribution in [3.8, 4) is 0 Å². The van der Waals surface area contributed by atoms with E-state index < -0.39 is 28.5 Å². The molecule has 0 saturated heterocycles. The summed E-state index contributed by atoms with van der Waals surface area (Å²) in [5.41, 5.74) is 0.716. The lowest BCUT2D eigenvalue weighted by Gasteiger charge is -2.11. The van der Waals surface area contributed by atoms with Gasteiger partial charge in [0.05, 0.1) is 17.5 Å². The Kier molecular flexibility index (Phi) is 5.60. The van der Waals surface area contributed by atoms with Crippen LogP contribution in [0.25, 0.3) is 10.8 Å². The first-order valence-electron chi connectivity index (χ1n) is 8.35. The Labute approximate surface area is 162 Å². The number of amides is 1. The molecule has 0 aromatic heterocycles. The van der Waals surface area contributed by atoms with Crippen molar-refractivity contribution in [3.63, 3.8) is 0 Å². The van der Waals surface area contributed by atoms with Crippen LogP contribution < -0.4 is 10.0 Å². The van der Waals surface area contributed by atoms with Gasteiger partial charge in [0, 0.05) is 11.1 Å². The number of benzene rings is 3. The minimum Gasteiger partial charge on any atom is -0.452 e. The number of ether oxygens (including phenoxy) is 1. The lowest BCUT2D eigenvalue weighted by atomic mass is 10.1. The van der Waals surface area contributed by atoms with E-state index in [0.717, 1.165) is 17.0 Å². The van der Waals surface area contributed by atoms with E-state index in [1.54, 1.807) is 18.2 Å². The van der Waals surface area contributed by atoms with Crippen molar-refractivity contribution >= 4 is 44.0 Å². The van der Waals surface area contributed by atoms with Crippen LogP contribution in [0.15, 0.2) is 66.7 Å². The number of sulfonamides is 1. The van der Waals surface area contributed by atoms with E-state index in [0.29, 0.717) is 5.69 Å². The molecule has 3 aromatic carbocycles. The van der Waals surface area contributed by atoms with Crippen LogP contribution in [0.3, 0.4) is 0 Å². The fourth-order valence-electron chi connectivity index (χ4n) is 2.68. The third-order valence-electron chi connectivity index (χ3n) is 3.84. The second-order valence-corrected chi connectivity index (χ2v) is 7.82. The van der Waals surface area contributed by atoms with E-state index in [1.165, 1.54) is 12.1 Å². The van der Waals surface area contributed by atoms with Crippen molar-refractivity contribution < 1.29 is 22.7 Å². The number of esters is 1. The summed E-state index contributed by atoms with van der Waals surface area (Å²) in [4.78, 5) is 24.5. The van der Waals surface area contributed by atoms with Crippen LogP contribution in [0.1, 0.15) is 10.4 Å². The van der Waals surface area contributed by atoms with Gasteiger partial charge in [-0.15, -0.1) is 0 Å². The molecule has 8 heteroatoms. The molecule has 0 aliphatic heterocycles. The van der Waals surface area contributed by atoms with E-state index in [1.807, 2.05) is 36.4 Å². The average Bonchev–Trinajstić information content (AvgIpc) is 2.65. The van der Waals surface area contributed by atoms with Crippen molar-refractivity contribution in [2.45, 2.75) is 0 Å². The first-order valence-corrected chi connectivity index (χ1v) is 10.2. The number of carbonyl (C=O) groups is 2. The topological polar surface area (TPSA) is 102 Å². The summed E-state index contributed by atoms with van der Waals surface area (Å²) in [6, 6.07) is 19.1. The van der Waals surface area contributed by atoms with E-state index in [4.69, 9.17) is 4.74 Å². The maximum atomic E-state index is 12.3. The SMILES string of the molecule is CS(=O)(=O)Nc1ccccc1C(=O)OCC(=O)Nc1cccc2ccccc12. The number of hydrogen-bond donors (Lipinski definition) is 2. The van der Waals surface area contributed by atoms with Crippen LogP contribution in [0, 0.1) is 0 Å². The van der Waals surface area contributed by atoms with Crippen LogP contribution in [0.4, 0.5) is 11.4 Å². The molecule has 0 aliphatic rings. The molecule has 0 unspecified atom stereocenters. The molecule has 0 aliphatic carbocycles. The number of hydrogen-bond acceptors (Lipinski definition) is 5. The van der Waals surface area contributed by atoms with E-state index >= 15 is 0 Å². The fraction of sp³-hybridized carbons (Fsp3) is 0.100. The Bertz CT molecular complexity index is 1140. The zero-order chi connectivity index (χ0) is 20.1. The molecule has 144 valence electrons. The predicted octanol–water partition coefficient (Wildman–Crippen LogP) is 3.01. The van der Waals surface area contributed by atoms with Gasteiger partial charge in [-0.3, -0.25) is 9.52 Å². The van der Waals surface area contributed by atoms with Crippen LogP contribution >= 0.6 is 0 Å². The minimum absolute atomic E-state index is 0.0193. The summed E-state index contributed by atoms with van der Waals surface area (Å²) in [5, 5.41) is 4.56. The molecule has 28 heavy (non-hydrogen) atoms. The zero-order valence-corrected chi connectivity index (χ0v) is 15.8. The lowest BCUT2D eigenvalue weighted by Crippen LogP contribution is -2.22. The summed E-state index contributed by atoms with van der Waals surface area (Å²) < 4.78 is 30.1. The molecule has 0 heterocycles. The second-order valence-electron chi connectivity index (χ2n) is 6.07. The summed E-state index contributed by atoms with van der Waals surface area (Å²) in [7, 11) is -3.56. The minimum atomic E-state index is -3.56. The Balaban J connectivity index is 1.67. The largest absolute Gasteiger partial charge is 0.452 e. The average molecular weight is 398 g/mol. The van der Waals surface area contributed by atoms with Gasteiger partial charge in [-0.2, -0.15) is 0 Å². The molecule has 0 atom stereocenters. The van der Waals surface area contributed by atoms with E-state index in [-0.39, 0.29) is 11.3 Å². The van der Waals surface area contributed by atoms with Gasteiger partial charge < -0.3 is 10.1 Å². The highest BCUT2D eigenvalue weighted by Crippen LogP contribution is 2.23. The summed E-state index contributed by atoms with van der Waals surface area (Å²) in [5.74, 6) is -1.31. The van der Waals surface area contributed by atoms with Gasteiger partial charge >= 0.3 is 5.97 Å². The molecule has 0 fully saturated rings. The Morgan fingerprint density at radius 2 is 1.54 bits per heavy atom. The molecule has 3 rings (SSSR count). The zero-order valence-electron chi connectivity index (χ0n) is 15.0. The van der Waals surface area contributed by atoms with Crippen molar-refractivity contribution in [2.75, 3.05) is 22.9 Å². The number of para-hydroxylation sites is 1. The number of anilines is 2. The third-order valence-corrected chi connectivity index (χ3v) is 4.43. The number of carbonyl (C=O) groups excluding carboxylic acids is 2. The maximum Gasteiger partial charge on any atom is 0.340 e.